The van der Waals surface area contributed by atoms with Crippen molar-refractivity contribution in [3.8, 4) is 5.69 Å². The predicted octanol–water partition coefficient (Wildman–Crippen LogP) is 0.739. The fourth-order valence-electron chi connectivity index (χ4n) is 1.48. The van der Waals surface area contributed by atoms with Crippen LogP contribution in [0.5, 0.6) is 0 Å². The van der Waals surface area contributed by atoms with E-state index in [0.717, 1.165) is 24.3 Å². The summed E-state index contributed by atoms with van der Waals surface area (Å²) in [5.41, 5.74) is 1.85. The monoisotopic (exact) mass is 232 g/mol. The van der Waals surface area contributed by atoms with Crippen molar-refractivity contribution < 1.29 is 5.11 Å². The Balaban J connectivity index is 1.92. The molecular weight excluding hydrogens is 216 g/mol. The molecule has 5 heteroatoms. The van der Waals surface area contributed by atoms with Crippen molar-refractivity contribution in [1.29, 1.82) is 0 Å². The van der Waals surface area contributed by atoms with Crippen LogP contribution >= 0.6 is 0 Å². The first-order valence-electron chi connectivity index (χ1n) is 5.68. The molecule has 1 heterocycles. The van der Waals surface area contributed by atoms with Crippen LogP contribution in [0, 0.1) is 0 Å². The molecule has 1 aromatic carbocycles. The van der Waals surface area contributed by atoms with E-state index in [1.54, 1.807) is 11.0 Å². The van der Waals surface area contributed by atoms with Crippen molar-refractivity contribution in [2.75, 3.05) is 13.2 Å². The molecule has 1 aromatic heterocycles. The lowest BCUT2D eigenvalue weighted by molar-refractivity contribution is 0.286. The van der Waals surface area contributed by atoms with E-state index >= 15 is 0 Å². The van der Waals surface area contributed by atoms with Gasteiger partial charge in [-0.3, -0.25) is 0 Å². The molecule has 0 atom stereocenters. The van der Waals surface area contributed by atoms with E-state index in [0.29, 0.717) is 6.54 Å². The van der Waals surface area contributed by atoms with Gasteiger partial charge >= 0.3 is 0 Å². The SMILES string of the molecule is OCCCNCc1cnn(-c2ccccc2)n1. The molecule has 2 N–H and O–H groups in total. The Labute approximate surface area is 100 Å². The molecule has 0 aliphatic carbocycles. The highest BCUT2D eigenvalue weighted by atomic mass is 16.3. The number of nitrogens with one attached hydrogen (secondary N) is 1. The summed E-state index contributed by atoms with van der Waals surface area (Å²) in [5.74, 6) is 0. The third kappa shape index (κ3) is 3.37. The van der Waals surface area contributed by atoms with Gasteiger partial charge in [-0.1, -0.05) is 18.2 Å². The van der Waals surface area contributed by atoms with Crippen LogP contribution in [0.2, 0.25) is 0 Å². The van der Waals surface area contributed by atoms with Gasteiger partial charge in [0.2, 0.25) is 0 Å². The van der Waals surface area contributed by atoms with Gasteiger partial charge in [-0.25, -0.2) is 0 Å². The molecular formula is C12H16N4O. The predicted molar refractivity (Wildman–Crippen MR) is 64.8 cm³/mol. The van der Waals surface area contributed by atoms with Gasteiger partial charge in [0, 0.05) is 13.2 Å². The molecule has 0 bridgehead atoms. The van der Waals surface area contributed by atoms with Gasteiger partial charge in [0.05, 0.1) is 17.6 Å². The van der Waals surface area contributed by atoms with Crippen molar-refractivity contribution in [2.45, 2.75) is 13.0 Å². The van der Waals surface area contributed by atoms with E-state index in [1.165, 1.54) is 0 Å². The zero-order valence-corrected chi connectivity index (χ0v) is 9.58. The summed E-state index contributed by atoms with van der Waals surface area (Å²) in [6.07, 6.45) is 2.51. The highest BCUT2D eigenvalue weighted by Gasteiger charge is 2.01. The minimum absolute atomic E-state index is 0.212. The summed E-state index contributed by atoms with van der Waals surface area (Å²) in [6, 6.07) is 9.80. The molecule has 2 aromatic rings. The van der Waals surface area contributed by atoms with Crippen molar-refractivity contribution in [1.82, 2.24) is 20.3 Å². The maximum absolute atomic E-state index is 8.64. The molecule has 0 spiro atoms. The molecule has 5 nitrogen and oxygen atoms in total. The fourth-order valence-corrected chi connectivity index (χ4v) is 1.48. The summed E-state index contributed by atoms with van der Waals surface area (Å²) >= 11 is 0. The van der Waals surface area contributed by atoms with Gasteiger partial charge < -0.3 is 10.4 Å². The third-order valence-electron chi connectivity index (χ3n) is 2.34. The lowest BCUT2D eigenvalue weighted by atomic mass is 10.3. The first-order chi connectivity index (χ1) is 8.40. The van der Waals surface area contributed by atoms with Crippen molar-refractivity contribution in [3.63, 3.8) is 0 Å². The summed E-state index contributed by atoms with van der Waals surface area (Å²) in [4.78, 5) is 1.61. The number of hydrogen-bond acceptors (Lipinski definition) is 4. The zero-order chi connectivity index (χ0) is 11.9. The molecule has 0 aliphatic heterocycles. The second-order valence-corrected chi connectivity index (χ2v) is 3.71. The number of aliphatic hydroxyl groups excluding tert-OH is 1. The molecule has 0 fully saturated rings. The minimum atomic E-state index is 0.212. The summed E-state index contributed by atoms with van der Waals surface area (Å²) < 4.78 is 0. The van der Waals surface area contributed by atoms with Crippen molar-refractivity contribution >= 4 is 0 Å². The van der Waals surface area contributed by atoms with Gasteiger partial charge in [-0.15, -0.1) is 0 Å². The molecule has 0 aliphatic rings. The number of nitrogens with zero attached hydrogens (tertiary/aromatic N) is 3. The average Bonchev–Trinajstić information content (AvgIpc) is 2.85. The average molecular weight is 232 g/mol. The Kier molecular flexibility index (Phi) is 4.23. The Hall–Kier alpha value is -1.72. The van der Waals surface area contributed by atoms with E-state index in [2.05, 4.69) is 15.5 Å². The Morgan fingerprint density at radius 1 is 1.24 bits per heavy atom. The van der Waals surface area contributed by atoms with Gasteiger partial charge in [-0.05, 0) is 25.1 Å². The zero-order valence-electron chi connectivity index (χ0n) is 9.58. The minimum Gasteiger partial charge on any atom is -0.396 e. The summed E-state index contributed by atoms with van der Waals surface area (Å²) in [5, 5.41) is 20.4. The Morgan fingerprint density at radius 2 is 2.06 bits per heavy atom. The van der Waals surface area contributed by atoms with Crippen molar-refractivity contribution in [3.05, 3.63) is 42.2 Å². The molecule has 0 saturated heterocycles. The second-order valence-electron chi connectivity index (χ2n) is 3.71. The van der Waals surface area contributed by atoms with Crippen LogP contribution in [0.25, 0.3) is 5.69 Å². The first kappa shape index (κ1) is 11.8. The Morgan fingerprint density at radius 3 is 2.82 bits per heavy atom. The number of aliphatic hydroxyl groups is 1. The standard InChI is InChI=1S/C12H16N4O/c17-8-4-7-13-9-11-10-14-16(15-11)12-5-2-1-3-6-12/h1-3,5-6,10,13,17H,4,7-9H2. The van der Waals surface area contributed by atoms with Crippen LogP contribution in [0.1, 0.15) is 12.1 Å². The quantitative estimate of drug-likeness (QED) is 0.721. The number of aromatic nitrogens is 3. The molecule has 2 rings (SSSR count). The van der Waals surface area contributed by atoms with Crippen LogP contribution in [0.4, 0.5) is 0 Å². The molecule has 0 radical (unpaired) electrons. The van der Waals surface area contributed by atoms with Crippen LogP contribution in [-0.4, -0.2) is 33.3 Å². The van der Waals surface area contributed by atoms with Crippen LogP contribution in [-0.2, 0) is 6.54 Å². The second kappa shape index (κ2) is 6.12. The smallest absolute Gasteiger partial charge is 0.0969 e. The molecule has 0 saturated carbocycles. The summed E-state index contributed by atoms with van der Waals surface area (Å²) in [7, 11) is 0. The van der Waals surface area contributed by atoms with Gasteiger partial charge in [0.25, 0.3) is 0 Å². The van der Waals surface area contributed by atoms with Gasteiger partial charge in [-0.2, -0.15) is 15.0 Å². The number of hydrogen-bond donors (Lipinski definition) is 2. The third-order valence-corrected chi connectivity index (χ3v) is 2.34. The van der Waals surface area contributed by atoms with Crippen molar-refractivity contribution in [2.24, 2.45) is 0 Å². The highest BCUT2D eigenvalue weighted by Crippen LogP contribution is 2.03. The normalized spacial score (nSPS) is 10.6. The van der Waals surface area contributed by atoms with Crippen LogP contribution < -0.4 is 5.32 Å². The first-order valence-corrected chi connectivity index (χ1v) is 5.68. The molecule has 0 amide bonds. The van der Waals surface area contributed by atoms with E-state index in [1.807, 2.05) is 30.3 Å². The van der Waals surface area contributed by atoms with E-state index in [9.17, 15) is 0 Å². The van der Waals surface area contributed by atoms with Crippen LogP contribution in [0.15, 0.2) is 36.5 Å². The topological polar surface area (TPSA) is 63.0 Å². The lowest BCUT2D eigenvalue weighted by Crippen LogP contribution is -2.16. The van der Waals surface area contributed by atoms with Gasteiger partial charge in [0.1, 0.15) is 0 Å². The van der Waals surface area contributed by atoms with E-state index in [-0.39, 0.29) is 6.61 Å². The molecule has 90 valence electrons. The molecule has 17 heavy (non-hydrogen) atoms. The largest absolute Gasteiger partial charge is 0.396 e. The van der Waals surface area contributed by atoms with Gasteiger partial charge in [0.15, 0.2) is 0 Å². The number of para-hydroxylation sites is 1. The fraction of sp³-hybridized carbons (Fsp3) is 0.333. The summed E-state index contributed by atoms with van der Waals surface area (Å²) in [6.45, 7) is 1.67. The maximum Gasteiger partial charge on any atom is 0.0969 e. The van der Waals surface area contributed by atoms with E-state index < -0.39 is 0 Å². The van der Waals surface area contributed by atoms with E-state index in [4.69, 9.17) is 5.11 Å². The number of rotatable bonds is 6. The lowest BCUT2D eigenvalue weighted by Gasteiger charge is -2.00. The molecule has 0 unspecified atom stereocenters. The highest BCUT2D eigenvalue weighted by molar-refractivity contribution is 5.28. The Bertz CT molecular complexity index is 441. The maximum atomic E-state index is 8.64. The number of benzene rings is 1. The van der Waals surface area contributed by atoms with Crippen LogP contribution in [0.3, 0.4) is 0 Å².